The number of β-lactam (4-membered cyclic amide) rings is 1. The van der Waals surface area contributed by atoms with Crippen molar-refractivity contribution >= 4 is 11.9 Å². The van der Waals surface area contributed by atoms with E-state index in [-0.39, 0.29) is 0 Å². The lowest BCUT2D eigenvalue weighted by molar-refractivity contribution is -0.145. The van der Waals surface area contributed by atoms with Gasteiger partial charge in [0, 0.05) is 4.91 Å². The smallest absolute Gasteiger partial charge is 0.308 e. The molecular formula is C6H8N4O3. The summed E-state index contributed by atoms with van der Waals surface area (Å²) in [6, 6.07) is -1.46. The van der Waals surface area contributed by atoms with E-state index in [1.807, 2.05) is 0 Å². The highest BCUT2D eigenvalue weighted by Crippen LogP contribution is 2.19. The topological polar surface area (TPSA) is 115 Å². The second-order valence-electron chi connectivity index (χ2n) is 2.81. The fraction of sp³-hybridized carbons (Fsp3) is 0.667. The highest BCUT2D eigenvalue weighted by Gasteiger charge is 2.44. The number of hydrogen-bond donors (Lipinski definition) is 2. The van der Waals surface area contributed by atoms with E-state index < -0.39 is 29.9 Å². The number of carboxylic acids is 1. The summed E-state index contributed by atoms with van der Waals surface area (Å²) in [5.74, 6) is -2.19. The van der Waals surface area contributed by atoms with Crippen LogP contribution in [0, 0.1) is 5.92 Å². The summed E-state index contributed by atoms with van der Waals surface area (Å²) in [5.41, 5.74) is 8.09. The van der Waals surface area contributed by atoms with Crippen molar-refractivity contribution in [2.75, 3.05) is 0 Å². The number of azide groups is 1. The normalized spacial score (nSPS) is 27.9. The van der Waals surface area contributed by atoms with Crippen LogP contribution in [-0.4, -0.2) is 29.1 Å². The highest BCUT2D eigenvalue weighted by molar-refractivity contribution is 5.91. The molecule has 0 aromatic carbocycles. The third kappa shape index (κ3) is 1.54. The van der Waals surface area contributed by atoms with Crippen molar-refractivity contribution in [2.45, 2.75) is 19.0 Å². The number of carbonyl (C=O) groups excluding carboxylic acids is 1. The van der Waals surface area contributed by atoms with Crippen LogP contribution in [0.1, 0.15) is 6.92 Å². The maximum atomic E-state index is 10.8. The summed E-state index contributed by atoms with van der Waals surface area (Å²) in [7, 11) is 0. The van der Waals surface area contributed by atoms with Crippen LogP contribution < -0.4 is 5.32 Å². The van der Waals surface area contributed by atoms with Crippen LogP contribution in [0.3, 0.4) is 0 Å². The first-order valence-corrected chi connectivity index (χ1v) is 3.65. The Morgan fingerprint density at radius 1 is 1.85 bits per heavy atom. The molecule has 1 amide bonds. The van der Waals surface area contributed by atoms with Crippen LogP contribution in [0.15, 0.2) is 5.11 Å². The standard InChI is InChI=1S/C6H8N4O3/c1-2(6(12)13)3-4(9-10-7)5(11)8-3/h2-4H,1H3,(H,8,11)(H,12,13)/t2-,3-,4+/m1/s1. The first-order chi connectivity index (χ1) is 6.07. The molecule has 1 heterocycles. The zero-order chi connectivity index (χ0) is 10.0. The molecule has 1 aliphatic rings. The fourth-order valence-electron chi connectivity index (χ4n) is 1.13. The first-order valence-electron chi connectivity index (χ1n) is 3.65. The van der Waals surface area contributed by atoms with Crippen LogP contribution in [0.25, 0.3) is 10.4 Å². The maximum absolute atomic E-state index is 10.8. The van der Waals surface area contributed by atoms with Gasteiger partial charge in [-0.15, -0.1) is 0 Å². The molecule has 1 fully saturated rings. The minimum atomic E-state index is -1.02. The number of carbonyl (C=O) groups is 2. The Kier molecular flexibility index (Phi) is 2.39. The SMILES string of the molecule is C[C@@H](C(=O)O)[C@H]1NC(=O)[C@H]1N=[N+]=[N-]. The van der Waals surface area contributed by atoms with Crippen LogP contribution in [0.2, 0.25) is 0 Å². The van der Waals surface area contributed by atoms with Crippen molar-refractivity contribution in [1.29, 1.82) is 0 Å². The summed E-state index contributed by atoms with van der Waals surface area (Å²) in [5, 5.41) is 14.2. The van der Waals surface area contributed by atoms with E-state index >= 15 is 0 Å². The minimum absolute atomic E-state index is 0.420. The molecule has 2 N–H and O–H groups in total. The van der Waals surface area contributed by atoms with Crippen LogP contribution >= 0.6 is 0 Å². The van der Waals surface area contributed by atoms with Gasteiger partial charge in [-0.3, -0.25) is 9.59 Å². The maximum Gasteiger partial charge on any atom is 0.308 e. The molecule has 3 atom stereocenters. The van der Waals surface area contributed by atoms with Crippen molar-refractivity contribution in [2.24, 2.45) is 11.0 Å². The van der Waals surface area contributed by atoms with E-state index in [1.54, 1.807) is 0 Å². The Labute approximate surface area is 73.4 Å². The predicted molar refractivity (Wildman–Crippen MR) is 41.7 cm³/mol. The summed E-state index contributed by atoms with van der Waals surface area (Å²) < 4.78 is 0. The molecule has 0 unspecified atom stereocenters. The molecule has 1 aliphatic heterocycles. The molecule has 1 rings (SSSR count). The van der Waals surface area contributed by atoms with E-state index in [9.17, 15) is 9.59 Å². The molecule has 0 saturated carbocycles. The van der Waals surface area contributed by atoms with Gasteiger partial charge in [0.1, 0.15) is 6.04 Å². The number of aliphatic carboxylic acids is 1. The van der Waals surface area contributed by atoms with E-state index in [0.717, 1.165) is 0 Å². The van der Waals surface area contributed by atoms with Gasteiger partial charge in [0.15, 0.2) is 0 Å². The van der Waals surface area contributed by atoms with Crippen molar-refractivity contribution in [3.63, 3.8) is 0 Å². The van der Waals surface area contributed by atoms with Gasteiger partial charge < -0.3 is 10.4 Å². The average molecular weight is 184 g/mol. The molecule has 0 bridgehead atoms. The van der Waals surface area contributed by atoms with Gasteiger partial charge in [-0.25, -0.2) is 0 Å². The molecule has 7 heteroatoms. The number of nitrogens with zero attached hydrogens (tertiary/aromatic N) is 3. The van der Waals surface area contributed by atoms with Gasteiger partial charge in [0.2, 0.25) is 5.91 Å². The van der Waals surface area contributed by atoms with E-state index in [2.05, 4.69) is 15.3 Å². The Balaban J connectivity index is 2.69. The number of rotatable bonds is 3. The molecule has 0 aromatic heterocycles. The largest absolute Gasteiger partial charge is 0.481 e. The molecular weight excluding hydrogens is 176 g/mol. The average Bonchev–Trinajstić information content (AvgIpc) is 2.09. The zero-order valence-electron chi connectivity index (χ0n) is 6.84. The fourth-order valence-corrected chi connectivity index (χ4v) is 1.13. The quantitative estimate of drug-likeness (QED) is 0.275. The second-order valence-corrected chi connectivity index (χ2v) is 2.81. The molecule has 0 spiro atoms. The monoisotopic (exact) mass is 184 g/mol. The van der Waals surface area contributed by atoms with Crippen LogP contribution in [-0.2, 0) is 9.59 Å². The van der Waals surface area contributed by atoms with Crippen LogP contribution in [0.4, 0.5) is 0 Å². The van der Waals surface area contributed by atoms with E-state index in [4.69, 9.17) is 10.6 Å². The van der Waals surface area contributed by atoms with Gasteiger partial charge in [-0.1, -0.05) is 5.11 Å². The van der Waals surface area contributed by atoms with Crippen molar-refractivity contribution in [1.82, 2.24) is 5.32 Å². The van der Waals surface area contributed by atoms with E-state index in [0.29, 0.717) is 0 Å². The molecule has 70 valence electrons. The lowest BCUT2D eigenvalue weighted by Crippen LogP contribution is -2.65. The molecule has 0 radical (unpaired) electrons. The third-order valence-electron chi connectivity index (χ3n) is 2.02. The van der Waals surface area contributed by atoms with Crippen LogP contribution in [0.5, 0.6) is 0 Å². The number of carboxylic acid groups (broad SMARTS) is 1. The van der Waals surface area contributed by atoms with Crippen molar-refractivity contribution in [3.05, 3.63) is 10.4 Å². The summed E-state index contributed by atoms with van der Waals surface area (Å²) >= 11 is 0. The summed E-state index contributed by atoms with van der Waals surface area (Å²) in [6.45, 7) is 1.45. The molecule has 1 saturated heterocycles. The molecule has 0 aromatic rings. The molecule has 0 aliphatic carbocycles. The van der Waals surface area contributed by atoms with Gasteiger partial charge in [0.05, 0.1) is 12.0 Å². The Bertz CT molecular complexity index is 294. The number of nitrogens with one attached hydrogen (secondary N) is 1. The summed E-state index contributed by atoms with van der Waals surface area (Å²) in [6.07, 6.45) is 0. The first kappa shape index (κ1) is 9.34. The van der Waals surface area contributed by atoms with Crippen molar-refractivity contribution in [3.8, 4) is 0 Å². The van der Waals surface area contributed by atoms with Crippen molar-refractivity contribution < 1.29 is 14.7 Å². The third-order valence-corrected chi connectivity index (χ3v) is 2.02. The van der Waals surface area contributed by atoms with E-state index in [1.165, 1.54) is 6.92 Å². The lowest BCUT2D eigenvalue weighted by Gasteiger charge is -2.35. The predicted octanol–water partition coefficient (Wildman–Crippen LogP) is -0.116. The second kappa shape index (κ2) is 3.32. The van der Waals surface area contributed by atoms with Gasteiger partial charge in [-0.05, 0) is 12.5 Å². The molecule has 7 nitrogen and oxygen atoms in total. The van der Waals surface area contributed by atoms with Gasteiger partial charge in [0.25, 0.3) is 0 Å². The number of amides is 1. The Morgan fingerprint density at radius 3 is 2.85 bits per heavy atom. The zero-order valence-corrected chi connectivity index (χ0v) is 6.84. The Morgan fingerprint density at radius 2 is 2.46 bits per heavy atom. The lowest BCUT2D eigenvalue weighted by atomic mass is 9.88. The molecule has 13 heavy (non-hydrogen) atoms. The Hall–Kier alpha value is -1.75. The highest BCUT2D eigenvalue weighted by atomic mass is 16.4. The number of hydrogen-bond acceptors (Lipinski definition) is 3. The van der Waals surface area contributed by atoms with Gasteiger partial charge >= 0.3 is 5.97 Å². The minimum Gasteiger partial charge on any atom is -0.481 e. The van der Waals surface area contributed by atoms with Gasteiger partial charge in [-0.2, -0.15) is 0 Å². The summed E-state index contributed by atoms with van der Waals surface area (Å²) in [4.78, 5) is 23.8.